The maximum Gasteiger partial charge on any atom is 0.263 e. The minimum absolute atomic E-state index is 0.0205. The zero-order valence-electron chi connectivity index (χ0n) is 13.6. The van der Waals surface area contributed by atoms with Crippen LogP contribution in [-0.4, -0.2) is 36.4 Å². The van der Waals surface area contributed by atoms with Gasteiger partial charge in [0.1, 0.15) is 10.6 Å². The van der Waals surface area contributed by atoms with Crippen LogP contribution in [0.15, 0.2) is 28.3 Å². The summed E-state index contributed by atoms with van der Waals surface area (Å²) in [7, 11) is 3.96. The van der Waals surface area contributed by atoms with E-state index in [0.717, 1.165) is 29.2 Å². The van der Waals surface area contributed by atoms with E-state index in [9.17, 15) is 4.79 Å². The van der Waals surface area contributed by atoms with Crippen LogP contribution in [0.5, 0.6) is 0 Å². The van der Waals surface area contributed by atoms with Crippen molar-refractivity contribution in [1.29, 1.82) is 0 Å². The first-order chi connectivity index (χ1) is 11.2. The number of carbonyl (C=O) groups excluding carboxylic acids is 1. The average molecular weight is 333 g/mol. The smallest absolute Gasteiger partial charge is 0.263 e. The van der Waals surface area contributed by atoms with Gasteiger partial charge in [0.15, 0.2) is 0 Å². The molecule has 0 spiro atoms. The molecule has 1 saturated carbocycles. The molecule has 3 rings (SSSR count). The summed E-state index contributed by atoms with van der Waals surface area (Å²) in [5, 5.41) is 3.05. The van der Waals surface area contributed by atoms with E-state index < -0.39 is 0 Å². The van der Waals surface area contributed by atoms with Crippen LogP contribution in [0.2, 0.25) is 0 Å². The quantitative estimate of drug-likeness (QED) is 0.880. The van der Waals surface area contributed by atoms with Crippen LogP contribution in [0.3, 0.4) is 0 Å². The van der Waals surface area contributed by atoms with Crippen molar-refractivity contribution in [2.24, 2.45) is 0 Å². The fourth-order valence-corrected chi connectivity index (χ4v) is 3.99. The summed E-state index contributed by atoms with van der Waals surface area (Å²) in [5.74, 6) is 1.29. The van der Waals surface area contributed by atoms with Crippen LogP contribution in [-0.2, 0) is 0 Å². The van der Waals surface area contributed by atoms with Crippen molar-refractivity contribution < 1.29 is 9.21 Å². The molecule has 2 heterocycles. The molecule has 2 aromatic rings. The Labute approximate surface area is 140 Å². The second-order valence-electron chi connectivity index (χ2n) is 6.25. The molecule has 0 radical (unpaired) electrons. The third kappa shape index (κ3) is 3.64. The monoisotopic (exact) mass is 333 g/mol. The van der Waals surface area contributed by atoms with E-state index in [1.807, 2.05) is 31.1 Å². The summed E-state index contributed by atoms with van der Waals surface area (Å²) in [6, 6.07) is 3.83. The molecule has 6 heteroatoms. The lowest BCUT2D eigenvalue weighted by molar-refractivity contribution is 0.0941. The van der Waals surface area contributed by atoms with Crippen molar-refractivity contribution in [3.8, 4) is 0 Å². The highest BCUT2D eigenvalue weighted by Gasteiger charge is 2.26. The maximum absolute atomic E-state index is 12.6. The maximum atomic E-state index is 12.6. The summed E-state index contributed by atoms with van der Waals surface area (Å²) in [6.07, 6.45) is 6.44. The van der Waals surface area contributed by atoms with Crippen molar-refractivity contribution in [1.82, 2.24) is 15.2 Å². The standard InChI is InChI=1S/C17H23N3O2S/c1-20(2)13(14-8-5-9-22-14)10-18-17(21)16-15(19-11-23-16)12-6-3-4-7-12/h5,8-9,11-13H,3-4,6-7,10H2,1-2H3,(H,18,21)/t13-/m0/s1. The number of aromatic nitrogens is 1. The molecule has 23 heavy (non-hydrogen) atoms. The van der Waals surface area contributed by atoms with Gasteiger partial charge < -0.3 is 9.73 Å². The number of nitrogens with one attached hydrogen (secondary N) is 1. The van der Waals surface area contributed by atoms with Crippen molar-refractivity contribution in [2.75, 3.05) is 20.6 Å². The van der Waals surface area contributed by atoms with E-state index in [0.29, 0.717) is 12.5 Å². The van der Waals surface area contributed by atoms with Crippen molar-refractivity contribution >= 4 is 17.2 Å². The summed E-state index contributed by atoms with van der Waals surface area (Å²) in [6.45, 7) is 0.515. The van der Waals surface area contributed by atoms with E-state index in [-0.39, 0.29) is 11.9 Å². The van der Waals surface area contributed by atoms with E-state index in [2.05, 4.69) is 10.3 Å². The molecular weight excluding hydrogens is 310 g/mol. The van der Waals surface area contributed by atoms with Gasteiger partial charge in [-0.1, -0.05) is 12.8 Å². The van der Waals surface area contributed by atoms with Crippen LogP contribution >= 0.6 is 11.3 Å². The number of nitrogens with zero attached hydrogens (tertiary/aromatic N) is 2. The van der Waals surface area contributed by atoms with Gasteiger partial charge in [-0.05, 0) is 39.1 Å². The molecule has 5 nitrogen and oxygen atoms in total. The SMILES string of the molecule is CN(C)[C@@H](CNC(=O)c1scnc1C1CCCC1)c1ccco1. The second kappa shape index (κ2) is 7.27. The molecular formula is C17H23N3O2S. The first kappa shape index (κ1) is 16.2. The van der Waals surface area contributed by atoms with E-state index in [4.69, 9.17) is 4.42 Å². The van der Waals surface area contributed by atoms with E-state index in [1.54, 1.807) is 11.8 Å². The lowest BCUT2D eigenvalue weighted by atomic mass is 10.0. The first-order valence-electron chi connectivity index (χ1n) is 8.08. The molecule has 1 N–H and O–H groups in total. The van der Waals surface area contributed by atoms with Crippen LogP contribution in [0.1, 0.15) is 58.8 Å². The molecule has 0 saturated heterocycles. The minimum Gasteiger partial charge on any atom is -0.468 e. The third-order valence-electron chi connectivity index (χ3n) is 4.49. The largest absolute Gasteiger partial charge is 0.468 e. The lowest BCUT2D eigenvalue weighted by Crippen LogP contribution is -2.34. The van der Waals surface area contributed by atoms with Gasteiger partial charge in [0.25, 0.3) is 5.91 Å². The van der Waals surface area contributed by atoms with E-state index >= 15 is 0 Å². The number of thiazole rings is 1. The van der Waals surface area contributed by atoms with Crippen molar-refractivity contribution in [3.05, 3.63) is 40.2 Å². The predicted octanol–water partition coefficient (Wildman–Crippen LogP) is 3.43. The number of carbonyl (C=O) groups is 1. The van der Waals surface area contributed by atoms with Crippen LogP contribution in [0.4, 0.5) is 0 Å². The number of hydrogen-bond acceptors (Lipinski definition) is 5. The molecule has 0 aliphatic heterocycles. The fourth-order valence-electron chi connectivity index (χ4n) is 3.20. The van der Waals surface area contributed by atoms with Gasteiger partial charge >= 0.3 is 0 Å². The molecule has 1 aliphatic rings. The van der Waals surface area contributed by atoms with Gasteiger partial charge in [-0.25, -0.2) is 4.98 Å². The summed E-state index contributed by atoms with van der Waals surface area (Å²) in [4.78, 5) is 19.9. The Bertz CT molecular complexity index is 630. The highest BCUT2D eigenvalue weighted by atomic mass is 32.1. The highest BCUT2D eigenvalue weighted by Crippen LogP contribution is 2.36. The lowest BCUT2D eigenvalue weighted by Gasteiger charge is -2.22. The van der Waals surface area contributed by atoms with Crippen molar-refractivity contribution in [2.45, 2.75) is 37.6 Å². The molecule has 0 bridgehead atoms. The van der Waals surface area contributed by atoms with Gasteiger partial charge in [-0.2, -0.15) is 0 Å². The van der Waals surface area contributed by atoms with Crippen LogP contribution in [0.25, 0.3) is 0 Å². The Hall–Kier alpha value is -1.66. The molecule has 2 aromatic heterocycles. The number of likely N-dealkylation sites (N-methyl/N-ethyl adjacent to an activating group) is 1. The Morgan fingerprint density at radius 2 is 2.26 bits per heavy atom. The van der Waals surface area contributed by atoms with Gasteiger partial charge in [-0.15, -0.1) is 11.3 Å². The van der Waals surface area contributed by atoms with Crippen molar-refractivity contribution in [3.63, 3.8) is 0 Å². The summed E-state index contributed by atoms with van der Waals surface area (Å²) in [5.41, 5.74) is 2.78. The normalized spacial score (nSPS) is 16.8. The average Bonchev–Trinajstić information content (AvgIpc) is 3.27. The predicted molar refractivity (Wildman–Crippen MR) is 90.8 cm³/mol. The van der Waals surface area contributed by atoms with Crippen LogP contribution < -0.4 is 5.32 Å². The van der Waals surface area contributed by atoms with E-state index in [1.165, 1.54) is 24.2 Å². The Morgan fingerprint density at radius 1 is 1.48 bits per heavy atom. The molecule has 1 fully saturated rings. The van der Waals surface area contributed by atoms with Crippen LogP contribution in [0, 0.1) is 0 Å². The number of hydrogen-bond donors (Lipinski definition) is 1. The van der Waals surface area contributed by atoms with Gasteiger partial charge in [0.2, 0.25) is 0 Å². The Balaban J connectivity index is 1.66. The van der Waals surface area contributed by atoms with Gasteiger partial charge in [0.05, 0.1) is 23.5 Å². The number of rotatable bonds is 6. The molecule has 1 atom stereocenters. The zero-order valence-corrected chi connectivity index (χ0v) is 14.4. The van der Waals surface area contributed by atoms with Gasteiger partial charge in [-0.3, -0.25) is 9.69 Å². The number of amides is 1. The molecule has 124 valence electrons. The van der Waals surface area contributed by atoms with Gasteiger partial charge in [0, 0.05) is 12.5 Å². The summed E-state index contributed by atoms with van der Waals surface area (Å²) < 4.78 is 5.48. The topological polar surface area (TPSA) is 58.4 Å². The Morgan fingerprint density at radius 3 is 2.91 bits per heavy atom. The summed E-state index contributed by atoms with van der Waals surface area (Å²) >= 11 is 1.44. The molecule has 0 aromatic carbocycles. The zero-order chi connectivity index (χ0) is 16.2. The minimum atomic E-state index is -0.0205. The Kier molecular flexibility index (Phi) is 5.13. The molecule has 1 amide bonds. The molecule has 0 unspecified atom stereocenters. The molecule has 1 aliphatic carbocycles. The highest BCUT2D eigenvalue weighted by molar-refractivity contribution is 7.11. The second-order valence-corrected chi connectivity index (χ2v) is 7.11. The first-order valence-corrected chi connectivity index (χ1v) is 8.96. The number of furan rings is 1. The fraction of sp³-hybridized carbons (Fsp3) is 0.529. The third-order valence-corrected chi connectivity index (χ3v) is 5.34.